The summed E-state index contributed by atoms with van der Waals surface area (Å²) in [5.74, 6) is 0. The zero-order chi connectivity index (χ0) is 12.3. The van der Waals surface area contributed by atoms with Gasteiger partial charge in [0.1, 0.15) is 0 Å². The Balaban J connectivity index is 2.08. The summed E-state index contributed by atoms with van der Waals surface area (Å²) in [6, 6.07) is 9.50. The van der Waals surface area contributed by atoms with Crippen molar-refractivity contribution in [3.05, 3.63) is 47.8 Å². The Morgan fingerprint density at radius 2 is 2.00 bits per heavy atom. The minimum Gasteiger partial charge on any atom is -0.397 e. The van der Waals surface area contributed by atoms with Crippen LogP contribution in [0.25, 0.3) is 0 Å². The molecule has 0 spiro atoms. The molecule has 2 rings (SSSR count). The van der Waals surface area contributed by atoms with E-state index >= 15 is 0 Å². The van der Waals surface area contributed by atoms with Crippen LogP contribution in [0.3, 0.4) is 0 Å². The van der Waals surface area contributed by atoms with Crippen molar-refractivity contribution in [3.63, 3.8) is 0 Å². The second-order valence-electron chi connectivity index (χ2n) is 3.96. The molecule has 17 heavy (non-hydrogen) atoms. The van der Waals surface area contributed by atoms with E-state index in [4.69, 9.17) is 11.5 Å². The Morgan fingerprint density at radius 3 is 2.71 bits per heavy atom. The smallest absolute Gasteiger partial charge is 0.0623 e. The molecule has 0 aliphatic rings. The second kappa shape index (κ2) is 4.74. The van der Waals surface area contributed by atoms with Gasteiger partial charge in [-0.2, -0.15) is 0 Å². The first kappa shape index (κ1) is 11.3. The maximum Gasteiger partial charge on any atom is 0.0623 e. The van der Waals surface area contributed by atoms with Crippen LogP contribution in [0.15, 0.2) is 36.5 Å². The average molecular weight is 228 g/mol. The van der Waals surface area contributed by atoms with Gasteiger partial charge in [0.2, 0.25) is 0 Å². The quantitative estimate of drug-likeness (QED) is 0.704. The summed E-state index contributed by atoms with van der Waals surface area (Å²) in [4.78, 5) is 4.31. The molecule has 88 valence electrons. The van der Waals surface area contributed by atoms with Gasteiger partial charge in [0, 0.05) is 11.9 Å². The number of rotatable bonds is 3. The Morgan fingerprint density at radius 1 is 1.18 bits per heavy atom. The minimum atomic E-state index is 0.591. The van der Waals surface area contributed by atoms with Gasteiger partial charge in [-0.15, -0.1) is 0 Å². The van der Waals surface area contributed by atoms with E-state index < -0.39 is 0 Å². The lowest BCUT2D eigenvalue weighted by Gasteiger charge is -2.09. The fourth-order valence-electron chi connectivity index (χ4n) is 1.57. The SMILES string of the molecule is Cc1cccnc1CNc1ccc(N)c(N)c1. The highest BCUT2D eigenvalue weighted by Gasteiger charge is 2.00. The van der Waals surface area contributed by atoms with E-state index in [0.717, 1.165) is 11.4 Å². The first-order chi connectivity index (χ1) is 8.16. The van der Waals surface area contributed by atoms with Crippen LogP contribution >= 0.6 is 0 Å². The predicted molar refractivity (Wildman–Crippen MR) is 71.6 cm³/mol. The molecule has 0 bridgehead atoms. The molecule has 0 saturated carbocycles. The fraction of sp³-hybridized carbons (Fsp3) is 0.154. The average Bonchev–Trinajstić information content (AvgIpc) is 2.32. The summed E-state index contributed by atoms with van der Waals surface area (Å²) < 4.78 is 0. The molecule has 5 N–H and O–H groups in total. The van der Waals surface area contributed by atoms with Gasteiger partial charge in [-0.25, -0.2) is 0 Å². The third-order valence-electron chi connectivity index (χ3n) is 2.66. The van der Waals surface area contributed by atoms with Crippen LogP contribution < -0.4 is 16.8 Å². The highest BCUT2D eigenvalue weighted by Crippen LogP contribution is 2.20. The summed E-state index contributed by atoms with van der Waals surface area (Å²) in [5.41, 5.74) is 15.7. The standard InChI is InChI=1S/C13H16N4/c1-9-3-2-6-16-13(9)8-17-10-4-5-11(14)12(15)7-10/h2-7,17H,8,14-15H2,1H3. The van der Waals surface area contributed by atoms with E-state index in [0.29, 0.717) is 17.9 Å². The lowest BCUT2D eigenvalue weighted by atomic mass is 10.2. The van der Waals surface area contributed by atoms with Crippen LogP contribution in [0.4, 0.5) is 17.1 Å². The summed E-state index contributed by atoms with van der Waals surface area (Å²) >= 11 is 0. The molecule has 4 heteroatoms. The Kier molecular flexibility index (Phi) is 3.14. The number of nitrogens with two attached hydrogens (primary N) is 2. The molecule has 0 atom stereocenters. The predicted octanol–water partition coefficient (Wildman–Crippen LogP) is 2.17. The van der Waals surface area contributed by atoms with E-state index in [1.165, 1.54) is 5.56 Å². The van der Waals surface area contributed by atoms with Gasteiger partial charge in [0.05, 0.1) is 23.6 Å². The van der Waals surface area contributed by atoms with Gasteiger partial charge in [-0.1, -0.05) is 6.07 Å². The number of nitrogen functional groups attached to an aromatic ring is 2. The van der Waals surface area contributed by atoms with E-state index in [-0.39, 0.29) is 0 Å². The molecule has 0 radical (unpaired) electrons. The monoisotopic (exact) mass is 228 g/mol. The number of nitrogens with zero attached hydrogens (tertiary/aromatic N) is 1. The number of hydrogen-bond donors (Lipinski definition) is 3. The minimum absolute atomic E-state index is 0.591. The van der Waals surface area contributed by atoms with Crippen molar-refractivity contribution < 1.29 is 0 Å². The molecule has 0 unspecified atom stereocenters. The van der Waals surface area contributed by atoms with Crippen LogP contribution in [0.1, 0.15) is 11.3 Å². The van der Waals surface area contributed by atoms with Crippen molar-refractivity contribution in [2.24, 2.45) is 0 Å². The van der Waals surface area contributed by atoms with Gasteiger partial charge in [-0.05, 0) is 36.8 Å². The number of anilines is 3. The van der Waals surface area contributed by atoms with Crippen LogP contribution in [0.2, 0.25) is 0 Å². The van der Waals surface area contributed by atoms with Crippen molar-refractivity contribution in [2.75, 3.05) is 16.8 Å². The lowest BCUT2D eigenvalue weighted by molar-refractivity contribution is 1.02. The molecular weight excluding hydrogens is 212 g/mol. The van der Waals surface area contributed by atoms with E-state index in [1.54, 1.807) is 12.3 Å². The maximum atomic E-state index is 5.74. The van der Waals surface area contributed by atoms with Gasteiger partial charge in [0.25, 0.3) is 0 Å². The van der Waals surface area contributed by atoms with Gasteiger partial charge in [0.15, 0.2) is 0 Å². The molecule has 4 nitrogen and oxygen atoms in total. The van der Waals surface area contributed by atoms with Crippen LogP contribution in [0, 0.1) is 6.92 Å². The van der Waals surface area contributed by atoms with E-state index in [9.17, 15) is 0 Å². The molecule has 1 heterocycles. The van der Waals surface area contributed by atoms with Crippen LogP contribution in [-0.2, 0) is 6.54 Å². The normalized spacial score (nSPS) is 10.2. The molecule has 0 saturated heterocycles. The third kappa shape index (κ3) is 2.66. The molecule has 1 aromatic carbocycles. The number of aryl methyl sites for hydroxylation is 1. The molecule has 0 amide bonds. The summed E-state index contributed by atoms with van der Waals surface area (Å²) in [6.45, 7) is 2.72. The highest BCUT2D eigenvalue weighted by atomic mass is 14.9. The molecule has 1 aromatic heterocycles. The van der Waals surface area contributed by atoms with Crippen molar-refractivity contribution in [1.29, 1.82) is 0 Å². The number of aromatic nitrogens is 1. The molecule has 0 aliphatic carbocycles. The van der Waals surface area contributed by atoms with Crippen molar-refractivity contribution in [3.8, 4) is 0 Å². The topological polar surface area (TPSA) is 77.0 Å². The summed E-state index contributed by atoms with van der Waals surface area (Å²) in [5, 5.41) is 3.27. The summed E-state index contributed by atoms with van der Waals surface area (Å²) in [7, 11) is 0. The van der Waals surface area contributed by atoms with Crippen molar-refractivity contribution in [1.82, 2.24) is 4.98 Å². The zero-order valence-electron chi connectivity index (χ0n) is 9.77. The Hall–Kier alpha value is -2.23. The van der Waals surface area contributed by atoms with E-state index in [1.807, 2.05) is 31.2 Å². The molecular formula is C13H16N4. The van der Waals surface area contributed by atoms with Crippen LogP contribution in [-0.4, -0.2) is 4.98 Å². The van der Waals surface area contributed by atoms with E-state index in [2.05, 4.69) is 10.3 Å². The van der Waals surface area contributed by atoms with Gasteiger partial charge in [-0.3, -0.25) is 4.98 Å². The first-order valence-corrected chi connectivity index (χ1v) is 5.46. The zero-order valence-corrected chi connectivity index (χ0v) is 9.77. The van der Waals surface area contributed by atoms with Crippen molar-refractivity contribution >= 4 is 17.1 Å². The number of nitrogens with one attached hydrogen (secondary N) is 1. The lowest BCUT2D eigenvalue weighted by Crippen LogP contribution is -2.04. The number of pyridine rings is 1. The third-order valence-corrected chi connectivity index (χ3v) is 2.66. The first-order valence-electron chi connectivity index (χ1n) is 5.46. The van der Waals surface area contributed by atoms with Crippen molar-refractivity contribution in [2.45, 2.75) is 13.5 Å². The summed E-state index contributed by atoms with van der Waals surface area (Å²) in [6.07, 6.45) is 1.79. The fourth-order valence-corrected chi connectivity index (χ4v) is 1.57. The second-order valence-corrected chi connectivity index (χ2v) is 3.96. The van der Waals surface area contributed by atoms with Crippen LogP contribution in [0.5, 0.6) is 0 Å². The maximum absolute atomic E-state index is 5.74. The highest BCUT2D eigenvalue weighted by molar-refractivity contribution is 5.69. The van der Waals surface area contributed by atoms with Gasteiger partial charge >= 0.3 is 0 Å². The Labute approximate surface area is 101 Å². The number of benzene rings is 1. The Bertz CT molecular complexity index is 523. The van der Waals surface area contributed by atoms with Gasteiger partial charge < -0.3 is 16.8 Å². The molecule has 0 fully saturated rings. The molecule has 0 aliphatic heterocycles. The largest absolute Gasteiger partial charge is 0.397 e. The molecule has 2 aromatic rings. The number of hydrogen-bond acceptors (Lipinski definition) is 4.